The van der Waals surface area contributed by atoms with E-state index in [4.69, 9.17) is 0 Å². The summed E-state index contributed by atoms with van der Waals surface area (Å²) in [7, 11) is 2.23. The lowest BCUT2D eigenvalue weighted by atomic mass is 9.76. The summed E-state index contributed by atoms with van der Waals surface area (Å²) in [6, 6.07) is 8.67. The normalized spacial score (nSPS) is 23.6. The summed E-state index contributed by atoms with van der Waals surface area (Å²) in [6.07, 6.45) is 1.29. The largest absolute Gasteiger partial charge is 0.374 e. The van der Waals surface area contributed by atoms with Crippen LogP contribution in [0.5, 0.6) is 0 Å². The van der Waals surface area contributed by atoms with Crippen LogP contribution in [0.25, 0.3) is 0 Å². The van der Waals surface area contributed by atoms with Crippen molar-refractivity contribution in [1.29, 1.82) is 0 Å². The molecule has 1 aliphatic heterocycles. The first-order valence-corrected chi connectivity index (χ1v) is 7.03. The second-order valence-electron chi connectivity index (χ2n) is 6.09. The van der Waals surface area contributed by atoms with Crippen LogP contribution >= 0.6 is 0 Å². The fourth-order valence-electron chi connectivity index (χ4n) is 3.12. The molecule has 0 bridgehead atoms. The zero-order chi connectivity index (χ0) is 13.2. The van der Waals surface area contributed by atoms with Gasteiger partial charge in [-0.05, 0) is 37.4 Å². The number of rotatable bonds is 4. The van der Waals surface area contributed by atoms with E-state index < -0.39 is 0 Å². The van der Waals surface area contributed by atoms with Gasteiger partial charge in [0.25, 0.3) is 0 Å². The van der Waals surface area contributed by atoms with Crippen molar-refractivity contribution in [3.8, 4) is 0 Å². The van der Waals surface area contributed by atoms with E-state index in [2.05, 4.69) is 62.3 Å². The van der Waals surface area contributed by atoms with E-state index in [1.165, 1.54) is 24.2 Å². The lowest BCUT2D eigenvalue weighted by Gasteiger charge is -2.38. The third-order valence-corrected chi connectivity index (χ3v) is 4.58. The summed E-state index contributed by atoms with van der Waals surface area (Å²) in [4.78, 5) is 2.43. The van der Waals surface area contributed by atoms with Crippen molar-refractivity contribution in [2.45, 2.75) is 27.2 Å². The van der Waals surface area contributed by atoms with Crippen LogP contribution in [0.2, 0.25) is 0 Å². The van der Waals surface area contributed by atoms with Crippen molar-refractivity contribution < 1.29 is 0 Å². The Labute approximate surface area is 111 Å². The Balaban J connectivity index is 2.15. The van der Waals surface area contributed by atoms with Crippen LogP contribution in [-0.4, -0.2) is 26.7 Å². The number of benzene rings is 1. The monoisotopic (exact) mass is 246 g/mol. The molecule has 1 heterocycles. The second-order valence-corrected chi connectivity index (χ2v) is 6.09. The van der Waals surface area contributed by atoms with E-state index in [0.29, 0.717) is 5.41 Å². The van der Waals surface area contributed by atoms with E-state index in [0.717, 1.165) is 19.0 Å². The van der Waals surface area contributed by atoms with Gasteiger partial charge in [0.2, 0.25) is 0 Å². The van der Waals surface area contributed by atoms with Crippen molar-refractivity contribution in [3.63, 3.8) is 0 Å². The number of aryl methyl sites for hydroxylation is 1. The van der Waals surface area contributed by atoms with Crippen molar-refractivity contribution in [2.75, 3.05) is 31.6 Å². The molecular weight excluding hydrogens is 220 g/mol. The number of anilines is 1. The average Bonchev–Trinajstić information content (AvgIpc) is 2.79. The molecule has 1 saturated heterocycles. The summed E-state index contributed by atoms with van der Waals surface area (Å²) in [6.45, 7) is 10.4. The molecule has 0 aliphatic carbocycles. The van der Waals surface area contributed by atoms with Crippen LogP contribution in [0.3, 0.4) is 0 Å². The molecule has 100 valence electrons. The quantitative estimate of drug-likeness (QED) is 0.878. The number of hydrogen-bond donors (Lipinski definition) is 1. The maximum Gasteiger partial charge on any atom is 0.0393 e. The van der Waals surface area contributed by atoms with Gasteiger partial charge in [0.15, 0.2) is 0 Å². The van der Waals surface area contributed by atoms with E-state index in [1.54, 1.807) is 0 Å². The standard InChI is InChI=1S/C16H26N2/c1-13(2)16(9-10-17-11-16)12-18(4)15-8-6-5-7-14(15)3/h5-8,13,17H,9-12H2,1-4H3. The second kappa shape index (κ2) is 5.31. The van der Waals surface area contributed by atoms with Gasteiger partial charge in [0.1, 0.15) is 0 Å². The van der Waals surface area contributed by atoms with Crippen molar-refractivity contribution in [2.24, 2.45) is 11.3 Å². The summed E-state index contributed by atoms with van der Waals surface area (Å²) in [5.41, 5.74) is 3.16. The Kier molecular flexibility index (Phi) is 3.96. The topological polar surface area (TPSA) is 15.3 Å². The van der Waals surface area contributed by atoms with Gasteiger partial charge in [0, 0.05) is 31.2 Å². The molecule has 1 aromatic carbocycles. The highest BCUT2D eigenvalue weighted by atomic mass is 15.1. The molecule has 18 heavy (non-hydrogen) atoms. The SMILES string of the molecule is Cc1ccccc1N(C)CC1(C(C)C)CCNC1. The third-order valence-electron chi connectivity index (χ3n) is 4.58. The van der Waals surface area contributed by atoms with Crippen LogP contribution in [-0.2, 0) is 0 Å². The first-order chi connectivity index (χ1) is 8.55. The van der Waals surface area contributed by atoms with Crippen LogP contribution < -0.4 is 10.2 Å². The molecule has 1 N–H and O–H groups in total. The maximum atomic E-state index is 3.54. The van der Waals surface area contributed by atoms with Gasteiger partial charge in [0.05, 0.1) is 0 Å². The van der Waals surface area contributed by atoms with Gasteiger partial charge in [-0.1, -0.05) is 32.0 Å². The van der Waals surface area contributed by atoms with Crippen LogP contribution in [0.15, 0.2) is 24.3 Å². The molecule has 1 aliphatic rings. The van der Waals surface area contributed by atoms with Gasteiger partial charge in [-0.15, -0.1) is 0 Å². The molecule has 2 rings (SSSR count). The minimum atomic E-state index is 0.428. The Morgan fingerprint density at radius 2 is 2.06 bits per heavy atom. The van der Waals surface area contributed by atoms with Crippen molar-refractivity contribution >= 4 is 5.69 Å². The molecular formula is C16H26N2. The molecule has 2 heteroatoms. The fraction of sp³-hybridized carbons (Fsp3) is 0.625. The number of hydrogen-bond acceptors (Lipinski definition) is 2. The summed E-state index contributed by atoms with van der Waals surface area (Å²) in [5.74, 6) is 0.721. The Morgan fingerprint density at radius 1 is 1.33 bits per heavy atom. The third kappa shape index (κ3) is 2.54. The summed E-state index contributed by atoms with van der Waals surface area (Å²) >= 11 is 0. The molecule has 2 nitrogen and oxygen atoms in total. The van der Waals surface area contributed by atoms with Crippen LogP contribution in [0.4, 0.5) is 5.69 Å². The number of nitrogens with one attached hydrogen (secondary N) is 1. The molecule has 0 aromatic heterocycles. The predicted octanol–water partition coefficient (Wildman–Crippen LogP) is 3.07. The number of para-hydroxylation sites is 1. The minimum Gasteiger partial charge on any atom is -0.374 e. The molecule has 0 amide bonds. The van der Waals surface area contributed by atoms with E-state index in [1.807, 2.05) is 0 Å². The highest BCUT2D eigenvalue weighted by Crippen LogP contribution is 2.36. The molecule has 0 radical (unpaired) electrons. The molecule has 1 unspecified atom stereocenters. The van der Waals surface area contributed by atoms with E-state index in [-0.39, 0.29) is 0 Å². The van der Waals surface area contributed by atoms with Crippen molar-refractivity contribution in [3.05, 3.63) is 29.8 Å². The zero-order valence-corrected chi connectivity index (χ0v) is 12.2. The Morgan fingerprint density at radius 3 is 2.61 bits per heavy atom. The first-order valence-electron chi connectivity index (χ1n) is 7.03. The summed E-state index contributed by atoms with van der Waals surface area (Å²) in [5, 5.41) is 3.54. The van der Waals surface area contributed by atoms with Gasteiger partial charge in [-0.25, -0.2) is 0 Å². The zero-order valence-electron chi connectivity index (χ0n) is 12.2. The van der Waals surface area contributed by atoms with E-state index in [9.17, 15) is 0 Å². The predicted molar refractivity (Wildman–Crippen MR) is 79.2 cm³/mol. The van der Waals surface area contributed by atoms with Gasteiger partial charge in [-0.3, -0.25) is 0 Å². The van der Waals surface area contributed by atoms with Gasteiger partial charge < -0.3 is 10.2 Å². The average molecular weight is 246 g/mol. The maximum absolute atomic E-state index is 3.54. The highest BCUT2D eigenvalue weighted by Gasteiger charge is 2.37. The smallest absolute Gasteiger partial charge is 0.0393 e. The molecule has 0 saturated carbocycles. The van der Waals surface area contributed by atoms with Gasteiger partial charge in [-0.2, -0.15) is 0 Å². The van der Waals surface area contributed by atoms with Gasteiger partial charge >= 0.3 is 0 Å². The Hall–Kier alpha value is -1.02. The lowest BCUT2D eigenvalue weighted by molar-refractivity contribution is 0.225. The molecule has 0 spiro atoms. The van der Waals surface area contributed by atoms with Crippen LogP contribution in [0.1, 0.15) is 25.8 Å². The fourth-order valence-corrected chi connectivity index (χ4v) is 3.12. The Bertz CT molecular complexity index is 392. The first kappa shape index (κ1) is 13.4. The minimum absolute atomic E-state index is 0.428. The van der Waals surface area contributed by atoms with Crippen LogP contribution in [0, 0.1) is 18.3 Å². The molecule has 1 atom stereocenters. The van der Waals surface area contributed by atoms with E-state index >= 15 is 0 Å². The number of nitrogens with zero attached hydrogens (tertiary/aromatic N) is 1. The van der Waals surface area contributed by atoms with Crippen molar-refractivity contribution in [1.82, 2.24) is 5.32 Å². The summed E-state index contributed by atoms with van der Waals surface area (Å²) < 4.78 is 0. The lowest BCUT2D eigenvalue weighted by Crippen LogP contribution is -2.41. The highest BCUT2D eigenvalue weighted by molar-refractivity contribution is 5.52. The molecule has 1 fully saturated rings. The molecule has 1 aromatic rings.